The molecule has 0 spiro atoms. The fraction of sp³-hybridized carbons (Fsp3) is 0.600. The van der Waals surface area contributed by atoms with Gasteiger partial charge >= 0.3 is 0 Å². The molecule has 0 bridgehead atoms. The van der Waals surface area contributed by atoms with E-state index in [2.05, 4.69) is 45.0 Å². The van der Waals surface area contributed by atoms with Crippen molar-refractivity contribution in [2.45, 2.75) is 31.3 Å². The second-order valence-corrected chi connectivity index (χ2v) is 5.93. The van der Waals surface area contributed by atoms with Gasteiger partial charge in [0.2, 0.25) is 5.89 Å². The molecule has 0 aromatic carbocycles. The third kappa shape index (κ3) is 2.61. The molecule has 6 heteroatoms. The summed E-state index contributed by atoms with van der Waals surface area (Å²) in [6, 6.07) is 4.47. The van der Waals surface area contributed by atoms with E-state index in [1.54, 1.807) is 0 Å². The van der Waals surface area contributed by atoms with Crippen molar-refractivity contribution in [3.05, 3.63) is 35.7 Å². The van der Waals surface area contributed by atoms with Crippen molar-refractivity contribution in [2.75, 3.05) is 19.8 Å². The molecule has 6 nitrogen and oxygen atoms in total. The van der Waals surface area contributed by atoms with Gasteiger partial charge in [0.15, 0.2) is 5.82 Å². The minimum absolute atomic E-state index is 0.252. The van der Waals surface area contributed by atoms with E-state index in [-0.39, 0.29) is 6.04 Å². The lowest BCUT2D eigenvalue weighted by atomic mass is 10.1. The molecule has 0 amide bonds. The Balaban J connectivity index is 1.52. The summed E-state index contributed by atoms with van der Waals surface area (Å²) in [5.41, 5.74) is 1.26. The monoisotopic (exact) mass is 288 g/mol. The number of morpholine rings is 1. The van der Waals surface area contributed by atoms with Crippen LogP contribution in [0.4, 0.5) is 0 Å². The minimum Gasteiger partial charge on any atom is -0.378 e. The molecule has 4 rings (SSSR count). The maximum Gasteiger partial charge on any atom is 0.229 e. The largest absolute Gasteiger partial charge is 0.378 e. The van der Waals surface area contributed by atoms with E-state index in [1.165, 1.54) is 18.5 Å². The van der Waals surface area contributed by atoms with Crippen molar-refractivity contribution in [3.8, 4) is 0 Å². The van der Waals surface area contributed by atoms with Gasteiger partial charge in [-0.1, -0.05) is 5.16 Å². The van der Waals surface area contributed by atoms with Gasteiger partial charge in [-0.3, -0.25) is 4.90 Å². The summed E-state index contributed by atoms with van der Waals surface area (Å²) >= 11 is 0. The molecular formula is C15H20N4O2. The van der Waals surface area contributed by atoms with Crippen LogP contribution in [0, 0.1) is 0 Å². The number of nitrogens with zero attached hydrogens (tertiary/aromatic N) is 4. The van der Waals surface area contributed by atoms with Crippen LogP contribution in [0.25, 0.3) is 0 Å². The normalized spacial score (nSPS) is 23.6. The Morgan fingerprint density at radius 2 is 2.29 bits per heavy atom. The van der Waals surface area contributed by atoms with Gasteiger partial charge in [0.1, 0.15) is 0 Å². The van der Waals surface area contributed by atoms with Crippen LogP contribution in [0.2, 0.25) is 0 Å². The van der Waals surface area contributed by atoms with Gasteiger partial charge in [-0.15, -0.1) is 0 Å². The number of hydrogen-bond donors (Lipinski definition) is 0. The van der Waals surface area contributed by atoms with Gasteiger partial charge in [0.05, 0.1) is 25.8 Å². The van der Waals surface area contributed by atoms with Crippen LogP contribution < -0.4 is 0 Å². The van der Waals surface area contributed by atoms with Crippen molar-refractivity contribution in [3.63, 3.8) is 0 Å². The highest BCUT2D eigenvalue weighted by Gasteiger charge is 2.31. The van der Waals surface area contributed by atoms with Crippen LogP contribution in [0.5, 0.6) is 0 Å². The highest BCUT2D eigenvalue weighted by atomic mass is 16.5. The first-order valence-corrected chi connectivity index (χ1v) is 7.57. The summed E-state index contributed by atoms with van der Waals surface area (Å²) in [7, 11) is 2.07. The van der Waals surface area contributed by atoms with Gasteiger partial charge in [-0.05, 0) is 25.0 Å². The Kier molecular flexibility index (Phi) is 3.27. The van der Waals surface area contributed by atoms with Crippen molar-refractivity contribution in [2.24, 2.45) is 7.05 Å². The highest BCUT2D eigenvalue weighted by molar-refractivity contribution is 5.13. The van der Waals surface area contributed by atoms with E-state index < -0.39 is 0 Å². The standard InChI is InChI=1S/C15H20N4O2/c1-18-6-2-3-12(18)13-10-20-8-7-19(13)9-14-16-15(21-17-14)11-4-5-11/h2-3,6,11,13H,4-5,7-10H2,1H3. The van der Waals surface area contributed by atoms with Crippen LogP contribution in [0.3, 0.4) is 0 Å². The number of rotatable bonds is 4. The average molecular weight is 288 g/mol. The highest BCUT2D eigenvalue weighted by Crippen LogP contribution is 2.39. The molecule has 2 fully saturated rings. The third-order valence-corrected chi connectivity index (χ3v) is 4.32. The average Bonchev–Trinajstić information content (AvgIpc) is 3.10. The maximum atomic E-state index is 5.66. The lowest BCUT2D eigenvalue weighted by molar-refractivity contribution is -0.0165. The SMILES string of the molecule is Cn1cccc1C1COCCN1Cc1noc(C2CC2)n1. The Hall–Kier alpha value is -1.66. The molecule has 2 aromatic heterocycles. The molecule has 1 aliphatic carbocycles. The van der Waals surface area contributed by atoms with E-state index in [9.17, 15) is 0 Å². The zero-order chi connectivity index (χ0) is 14.2. The Bertz CT molecular complexity index is 617. The van der Waals surface area contributed by atoms with Crippen molar-refractivity contribution >= 4 is 0 Å². The number of hydrogen-bond acceptors (Lipinski definition) is 5. The quantitative estimate of drug-likeness (QED) is 0.859. The smallest absolute Gasteiger partial charge is 0.229 e. The predicted octanol–water partition coefficient (Wildman–Crippen LogP) is 1.86. The second-order valence-electron chi connectivity index (χ2n) is 5.93. The summed E-state index contributed by atoms with van der Waals surface area (Å²) in [5.74, 6) is 2.12. The molecule has 112 valence electrons. The fourth-order valence-electron chi connectivity index (χ4n) is 2.93. The number of aromatic nitrogens is 3. The second kappa shape index (κ2) is 5.27. The van der Waals surface area contributed by atoms with E-state index in [1.807, 2.05) is 0 Å². The van der Waals surface area contributed by atoms with E-state index in [0.29, 0.717) is 12.5 Å². The molecule has 1 aliphatic heterocycles. The zero-order valence-corrected chi connectivity index (χ0v) is 12.2. The number of aryl methyl sites for hydroxylation is 1. The fourth-order valence-corrected chi connectivity index (χ4v) is 2.93. The Morgan fingerprint density at radius 1 is 1.38 bits per heavy atom. The third-order valence-electron chi connectivity index (χ3n) is 4.32. The minimum atomic E-state index is 0.252. The zero-order valence-electron chi connectivity index (χ0n) is 12.2. The first kappa shape index (κ1) is 13.0. The predicted molar refractivity (Wildman–Crippen MR) is 75.7 cm³/mol. The van der Waals surface area contributed by atoms with Crippen LogP contribution in [-0.2, 0) is 18.3 Å². The summed E-state index contributed by atoms with van der Waals surface area (Å²) in [6.45, 7) is 3.08. The van der Waals surface area contributed by atoms with Crippen molar-refractivity contribution in [1.82, 2.24) is 19.6 Å². The molecule has 21 heavy (non-hydrogen) atoms. The summed E-state index contributed by atoms with van der Waals surface area (Å²) in [5, 5.41) is 4.13. The summed E-state index contributed by atoms with van der Waals surface area (Å²) < 4.78 is 13.2. The first-order valence-electron chi connectivity index (χ1n) is 7.57. The first-order chi connectivity index (χ1) is 10.3. The lowest BCUT2D eigenvalue weighted by Crippen LogP contribution is -2.40. The molecule has 1 atom stereocenters. The molecule has 2 aromatic rings. The van der Waals surface area contributed by atoms with Crippen molar-refractivity contribution in [1.29, 1.82) is 0 Å². The molecule has 3 heterocycles. The summed E-state index contributed by atoms with van der Waals surface area (Å²) in [4.78, 5) is 6.91. The summed E-state index contributed by atoms with van der Waals surface area (Å²) in [6.07, 6.45) is 4.44. The molecule has 0 radical (unpaired) electrons. The van der Waals surface area contributed by atoms with Crippen LogP contribution in [0.15, 0.2) is 22.9 Å². The van der Waals surface area contributed by atoms with Gasteiger partial charge in [-0.2, -0.15) is 4.98 Å². The van der Waals surface area contributed by atoms with E-state index in [4.69, 9.17) is 9.26 Å². The van der Waals surface area contributed by atoms with Gasteiger partial charge in [0.25, 0.3) is 0 Å². The lowest BCUT2D eigenvalue weighted by Gasteiger charge is -2.35. The number of ether oxygens (including phenoxy) is 1. The topological polar surface area (TPSA) is 56.3 Å². The Morgan fingerprint density at radius 3 is 3.05 bits per heavy atom. The van der Waals surface area contributed by atoms with Gasteiger partial charge in [-0.25, -0.2) is 0 Å². The van der Waals surface area contributed by atoms with Crippen LogP contribution >= 0.6 is 0 Å². The van der Waals surface area contributed by atoms with E-state index >= 15 is 0 Å². The van der Waals surface area contributed by atoms with Gasteiger partial charge < -0.3 is 13.8 Å². The Labute approximate surface area is 123 Å². The van der Waals surface area contributed by atoms with Crippen molar-refractivity contribution < 1.29 is 9.26 Å². The maximum absolute atomic E-state index is 5.66. The van der Waals surface area contributed by atoms with Crippen LogP contribution in [-0.4, -0.2) is 39.4 Å². The molecule has 1 unspecified atom stereocenters. The van der Waals surface area contributed by atoms with Gasteiger partial charge in [0, 0.05) is 31.4 Å². The van der Waals surface area contributed by atoms with Crippen LogP contribution in [0.1, 0.15) is 42.2 Å². The molecule has 2 aliphatic rings. The molecule has 1 saturated carbocycles. The molecule has 1 saturated heterocycles. The van der Waals surface area contributed by atoms with E-state index in [0.717, 1.165) is 31.4 Å². The molecular weight excluding hydrogens is 268 g/mol. The molecule has 0 N–H and O–H groups in total.